The van der Waals surface area contributed by atoms with Crippen molar-refractivity contribution in [3.8, 4) is 6.07 Å². The molecule has 2 rings (SSSR count). The molecule has 0 unspecified atom stereocenters. The van der Waals surface area contributed by atoms with Gasteiger partial charge in [-0.3, -0.25) is 0 Å². The maximum Gasteiger partial charge on any atom is 0.346 e. The highest BCUT2D eigenvalue weighted by Crippen LogP contribution is 2.47. The Morgan fingerprint density at radius 1 is 1.69 bits per heavy atom. The molecule has 0 aliphatic heterocycles. The van der Waals surface area contributed by atoms with Crippen LogP contribution in [0.4, 0.5) is 0 Å². The molecule has 4 nitrogen and oxygen atoms in total. The van der Waals surface area contributed by atoms with Crippen molar-refractivity contribution in [3.05, 3.63) is 29.2 Å². The number of carboxylic acids is 1. The fourth-order valence-corrected chi connectivity index (χ4v) is 1.65. The summed E-state index contributed by atoms with van der Waals surface area (Å²) in [5, 5.41) is 17.3. The molecule has 1 N–H and O–H groups in total. The Morgan fingerprint density at radius 3 is 2.88 bits per heavy atom. The summed E-state index contributed by atoms with van der Waals surface area (Å²) in [6.45, 7) is 2.14. The first-order valence-corrected chi connectivity index (χ1v) is 5.06. The third kappa shape index (κ3) is 1.98. The molecule has 2 atom stereocenters. The number of rotatable bonds is 3. The van der Waals surface area contributed by atoms with Gasteiger partial charge in [-0.05, 0) is 24.5 Å². The van der Waals surface area contributed by atoms with Gasteiger partial charge in [-0.1, -0.05) is 6.92 Å². The summed E-state index contributed by atoms with van der Waals surface area (Å²) in [4.78, 5) is 10.6. The van der Waals surface area contributed by atoms with Gasteiger partial charge < -0.3 is 9.52 Å². The maximum atomic E-state index is 10.6. The number of nitrogens with zero attached hydrogens (tertiary/aromatic N) is 1. The molecule has 0 amide bonds. The van der Waals surface area contributed by atoms with Crippen LogP contribution in [0.1, 0.15) is 30.8 Å². The molecular formula is C12H11NO3. The summed E-state index contributed by atoms with van der Waals surface area (Å²) in [6.07, 6.45) is 2.36. The normalized spacial score (nSPS) is 23.9. The number of carbonyl (C=O) groups is 1. The highest BCUT2D eigenvalue weighted by Gasteiger charge is 2.36. The van der Waals surface area contributed by atoms with E-state index in [9.17, 15) is 4.79 Å². The molecule has 1 aromatic rings. The number of nitriles is 1. The third-order valence-corrected chi connectivity index (χ3v) is 2.76. The number of hydrogen-bond acceptors (Lipinski definition) is 3. The van der Waals surface area contributed by atoms with Crippen molar-refractivity contribution in [2.45, 2.75) is 19.3 Å². The summed E-state index contributed by atoms with van der Waals surface area (Å²) < 4.78 is 5.47. The molecule has 82 valence electrons. The van der Waals surface area contributed by atoms with Gasteiger partial charge in [0.1, 0.15) is 23.2 Å². The molecule has 0 spiro atoms. The van der Waals surface area contributed by atoms with Crippen LogP contribution in [0.3, 0.4) is 0 Å². The second-order valence-electron chi connectivity index (χ2n) is 4.03. The van der Waals surface area contributed by atoms with E-state index in [4.69, 9.17) is 14.8 Å². The van der Waals surface area contributed by atoms with Crippen molar-refractivity contribution in [2.75, 3.05) is 0 Å². The molecule has 0 radical (unpaired) electrons. The smallest absolute Gasteiger partial charge is 0.346 e. The fraction of sp³-hybridized carbons (Fsp3) is 0.333. The first-order chi connectivity index (χ1) is 7.61. The highest BCUT2D eigenvalue weighted by atomic mass is 16.4. The molecule has 1 fully saturated rings. The molecular weight excluding hydrogens is 206 g/mol. The van der Waals surface area contributed by atoms with E-state index >= 15 is 0 Å². The average Bonchev–Trinajstić information content (AvgIpc) is 2.79. The lowest BCUT2D eigenvalue weighted by molar-refractivity contribution is -0.132. The third-order valence-electron chi connectivity index (χ3n) is 2.76. The quantitative estimate of drug-likeness (QED) is 0.623. The zero-order valence-electron chi connectivity index (χ0n) is 8.80. The molecule has 0 saturated heterocycles. The van der Waals surface area contributed by atoms with Crippen LogP contribution in [-0.2, 0) is 4.79 Å². The Morgan fingerprint density at radius 2 is 2.38 bits per heavy atom. The van der Waals surface area contributed by atoms with Crippen molar-refractivity contribution < 1.29 is 14.3 Å². The zero-order valence-corrected chi connectivity index (χ0v) is 8.80. The van der Waals surface area contributed by atoms with Crippen molar-refractivity contribution in [2.24, 2.45) is 5.92 Å². The van der Waals surface area contributed by atoms with E-state index in [0.29, 0.717) is 17.6 Å². The molecule has 1 aliphatic rings. The summed E-state index contributed by atoms with van der Waals surface area (Å²) in [5.41, 5.74) is -0.315. The van der Waals surface area contributed by atoms with E-state index in [1.807, 2.05) is 6.07 Å². The van der Waals surface area contributed by atoms with Crippen molar-refractivity contribution in [3.63, 3.8) is 0 Å². The molecule has 1 aliphatic carbocycles. The standard InChI is InChI=1S/C12H11NO3/c1-7-4-10(7)11-3-2-9(16-11)5-8(6-13)12(14)15/h2-3,5,7,10H,4H2,1H3,(H,14,15)/b8-5+/t7-,10+/m0/s1. The van der Waals surface area contributed by atoms with E-state index in [2.05, 4.69) is 6.92 Å². The van der Waals surface area contributed by atoms with Crippen molar-refractivity contribution in [1.29, 1.82) is 5.26 Å². The van der Waals surface area contributed by atoms with Gasteiger partial charge in [-0.25, -0.2) is 4.79 Å². The molecule has 1 saturated carbocycles. The van der Waals surface area contributed by atoms with Gasteiger partial charge in [0.05, 0.1) is 0 Å². The average molecular weight is 217 g/mol. The maximum absolute atomic E-state index is 10.6. The summed E-state index contributed by atoms with van der Waals surface area (Å²) in [7, 11) is 0. The van der Waals surface area contributed by atoms with Crippen molar-refractivity contribution >= 4 is 12.0 Å². The Bertz CT molecular complexity index is 493. The van der Waals surface area contributed by atoms with Crippen LogP contribution in [0, 0.1) is 17.2 Å². The van der Waals surface area contributed by atoms with Crippen molar-refractivity contribution in [1.82, 2.24) is 0 Å². The fourth-order valence-electron chi connectivity index (χ4n) is 1.65. The number of hydrogen-bond donors (Lipinski definition) is 1. The summed E-state index contributed by atoms with van der Waals surface area (Å²) in [5.74, 6) is 1.16. The van der Waals surface area contributed by atoms with E-state index in [0.717, 1.165) is 12.2 Å². The van der Waals surface area contributed by atoms with E-state index < -0.39 is 5.97 Å². The predicted molar refractivity (Wildman–Crippen MR) is 56.5 cm³/mol. The number of carboxylic acid groups (broad SMARTS) is 1. The molecule has 0 bridgehead atoms. The van der Waals surface area contributed by atoms with Crippen LogP contribution < -0.4 is 0 Å². The second kappa shape index (κ2) is 3.86. The highest BCUT2D eigenvalue weighted by molar-refractivity contribution is 5.96. The Hall–Kier alpha value is -2.02. The van der Waals surface area contributed by atoms with Gasteiger partial charge in [0.15, 0.2) is 0 Å². The zero-order chi connectivity index (χ0) is 11.7. The minimum atomic E-state index is -1.24. The molecule has 16 heavy (non-hydrogen) atoms. The van der Waals surface area contributed by atoms with E-state index in [1.165, 1.54) is 6.08 Å². The van der Waals surface area contributed by atoms with Gasteiger partial charge in [0.2, 0.25) is 0 Å². The number of aliphatic carboxylic acids is 1. The van der Waals surface area contributed by atoms with E-state index in [1.54, 1.807) is 12.1 Å². The van der Waals surface area contributed by atoms with Gasteiger partial charge >= 0.3 is 5.97 Å². The predicted octanol–water partition coefficient (Wildman–Crippen LogP) is 2.39. The van der Waals surface area contributed by atoms with Crippen LogP contribution in [0.2, 0.25) is 0 Å². The topological polar surface area (TPSA) is 74.2 Å². The largest absolute Gasteiger partial charge is 0.477 e. The monoisotopic (exact) mass is 217 g/mol. The van der Waals surface area contributed by atoms with E-state index in [-0.39, 0.29) is 5.57 Å². The van der Waals surface area contributed by atoms with Gasteiger partial charge in [-0.15, -0.1) is 0 Å². The van der Waals surface area contributed by atoms with Gasteiger partial charge in [0.25, 0.3) is 0 Å². The Balaban J connectivity index is 2.19. The number of furan rings is 1. The van der Waals surface area contributed by atoms with Crippen LogP contribution in [0.15, 0.2) is 22.1 Å². The molecule has 1 heterocycles. The van der Waals surface area contributed by atoms with Crippen LogP contribution in [0.5, 0.6) is 0 Å². The lowest BCUT2D eigenvalue weighted by atomic mass is 10.2. The molecule has 1 aromatic heterocycles. The summed E-state index contributed by atoms with van der Waals surface area (Å²) >= 11 is 0. The second-order valence-corrected chi connectivity index (χ2v) is 4.03. The first kappa shape index (κ1) is 10.5. The molecule has 0 aromatic carbocycles. The minimum absolute atomic E-state index is 0.315. The Kier molecular flexibility index (Phi) is 2.53. The Labute approximate surface area is 92.8 Å². The summed E-state index contributed by atoms with van der Waals surface area (Å²) in [6, 6.07) is 5.15. The lowest BCUT2D eigenvalue weighted by Gasteiger charge is -1.91. The van der Waals surface area contributed by atoms with Crippen LogP contribution in [-0.4, -0.2) is 11.1 Å². The molecule has 4 heteroatoms. The van der Waals surface area contributed by atoms with Crippen LogP contribution in [0.25, 0.3) is 6.08 Å². The lowest BCUT2D eigenvalue weighted by Crippen LogP contribution is -1.96. The SMILES string of the molecule is C[C@H]1C[C@H]1c1ccc(/C=C(\C#N)C(=O)O)o1. The minimum Gasteiger partial charge on any atom is -0.477 e. The first-order valence-electron chi connectivity index (χ1n) is 5.06. The van der Waals surface area contributed by atoms with Gasteiger partial charge in [0, 0.05) is 12.0 Å². The van der Waals surface area contributed by atoms with Crippen LogP contribution >= 0.6 is 0 Å². The van der Waals surface area contributed by atoms with Gasteiger partial charge in [-0.2, -0.15) is 5.26 Å².